The average Bonchev–Trinajstić information content (AvgIpc) is 2.77. The van der Waals surface area contributed by atoms with Crippen molar-refractivity contribution in [2.75, 3.05) is 13.2 Å². The van der Waals surface area contributed by atoms with Crippen molar-refractivity contribution in [3.05, 3.63) is 80.3 Å². The molecule has 7 nitrogen and oxygen atoms in total. The van der Waals surface area contributed by atoms with Crippen LogP contribution < -0.4 is 5.43 Å². The van der Waals surface area contributed by atoms with Gasteiger partial charge in [0.25, 0.3) is 0 Å². The van der Waals surface area contributed by atoms with E-state index in [0.29, 0.717) is 5.02 Å². The standard InChI is InChI=1S/C24H20ClFN2O5/c1-3-32-23(30)18(11-27)16-10-21-17(9-20(16)26)22(29)19(24(31)33-4-2)13-28(21)12-14-6-5-7-15(25)8-14/h5-10,13,18H,3-4,12H2,1-2H3. The van der Waals surface area contributed by atoms with Crippen LogP contribution in [0.15, 0.2) is 47.4 Å². The smallest absolute Gasteiger partial charge is 0.343 e. The molecule has 33 heavy (non-hydrogen) atoms. The molecule has 170 valence electrons. The number of fused-ring (bicyclic) bond motifs is 1. The number of nitrogens with zero attached hydrogens (tertiary/aromatic N) is 2. The van der Waals surface area contributed by atoms with Crippen LogP contribution in [-0.4, -0.2) is 29.7 Å². The molecule has 1 heterocycles. The van der Waals surface area contributed by atoms with Crippen LogP contribution in [0, 0.1) is 17.1 Å². The highest BCUT2D eigenvalue weighted by Crippen LogP contribution is 2.26. The number of nitriles is 1. The lowest BCUT2D eigenvalue weighted by molar-refractivity contribution is -0.143. The quantitative estimate of drug-likeness (QED) is 0.480. The van der Waals surface area contributed by atoms with Crippen LogP contribution in [0.25, 0.3) is 10.9 Å². The fraction of sp³-hybridized carbons (Fsp3) is 0.250. The molecule has 1 atom stereocenters. The van der Waals surface area contributed by atoms with Crippen molar-refractivity contribution < 1.29 is 23.5 Å². The Kier molecular flexibility index (Phi) is 7.46. The third-order valence-corrected chi connectivity index (χ3v) is 5.13. The maximum Gasteiger partial charge on any atom is 0.343 e. The Morgan fingerprint density at radius 2 is 1.91 bits per heavy atom. The van der Waals surface area contributed by atoms with Crippen molar-refractivity contribution in [3.63, 3.8) is 0 Å². The largest absolute Gasteiger partial charge is 0.465 e. The van der Waals surface area contributed by atoms with Crippen molar-refractivity contribution in [2.45, 2.75) is 26.3 Å². The minimum atomic E-state index is -1.52. The predicted molar refractivity (Wildman–Crippen MR) is 120 cm³/mol. The lowest BCUT2D eigenvalue weighted by atomic mass is 9.97. The Bertz CT molecular complexity index is 1330. The lowest BCUT2D eigenvalue weighted by Gasteiger charge is -2.16. The number of halogens is 2. The first kappa shape index (κ1) is 24.0. The molecule has 0 radical (unpaired) electrons. The molecule has 0 aliphatic carbocycles. The molecular weight excluding hydrogens is 451 g/mol. The molecule has 9 heteroatoms. The maximum atomic E-state index is 15.0. The number of esters is 2. The van der Waals surface area contributed by atoms with Crippen LogP contribution in [0.3, 0.4) is 0 Å². The minimum Gasteiger partial charge on any atom is -0.465 e. The van der Waals surface area contributed by atoms with E-state index in [1.54, 1.807) is 48.7 Å². The highest BCUT2D eigenvalue weighted by molar-refractivity contribution is 6.30. The van der Waals surface area contributed by atoms with Crippen LogP contribution in [0.1, 0.15) is 41.3 Å². The summed E-state index contributed by atoms with van der Waals surface area (Å²) in [6, 6.07) is 10.9. The molecule has 3 rings (SSSR count). The highest BCUT2D eigenvalue weighted by atomic mass is 35.5. The Balaban J connectivity index is 2.28. The van der Waals surface area contributed by atoms with E-state index in [1.807, 2.05) is 0 Å². The van der Waals surface area contributed by atoms with Crippen LogP contribution in [0.2, 0.25) is 5.02 Å². The summed E-state index contributed by atoms with van der Waals surface area (Å²) in [4.78, 5) is 37.6. The number of carbonyl (C=O) groups is 2. The van der Waals surface area contributed by atoms with Gasteiger partial charge in [0.05, 0.1) is 24.8 Å². The number of benzene rings is 2. The fourth-order valence-corrected chi connectivity index (χ4v) is 3.65. The van der Waals surface area contributed by atoms with Gasteiger partial charge in [-0.05, 0) is 43.7 Å². The zero-order valence-electron chi connectivity index (χ0n) is 17.9. The lowest BCUT2D eigenvalue weighted by Crippen LogP contribution is -2.22. The molecule has 0 spiro atoms. The van der Waals surface area contributed by atoms with Gasteiger partial charge in [0.2, 0.25) is 5.43 Å². The van der Waals surface area contributed by atoms with Crippen molar-refractivity contribution in [2.24, 2.45) is 0 Å². The first-order valence-electron chi connectivity index (χ1n) is 10.1. The molecule has 1 unspecified atom stereocenters. The Morgan fingerprint density at radius 3 is 2.55 bits per heavy atom. The third kappa shape index (κ3) is 5.04. The molecule has 0 aliphatic heterocycles. The fourth-order valence-electron chi connectivity index (χ4n) is 3.44. The molecule has 0 saturated heterocycles. The highest BCUT2D eigenvalue weighted by Gasteiger charge is 2.27. The summed E-state index contributed by atoms with van der Waals surface area (Å²) < 4.78 is 26.4. The maximum absolute atomic E-state index is 15.0. The molecule has 1 aromatic heterocycles. The molecular formula is C24H20ClFN2O5. The molecule has 0 bridgehead atoms. The number of pyridine rings is 1. The average molecular weight is 471 g/mol. The van der Waals surface area contributed by atoms with E-state index in [0.717, 1.165) is 11.6 Å². The summed E-state index contributed by atoms with van der Waals surface area (Å²) >= 11 is 6.08. The van der Waals surface area contributed by atoms with Crippen molar-refractivity contribution in [1.82, 2.24) is 4.57 Å². The van der Waals surface area contributed by atoms with Crippen LogP contribution in [-0.2, 0) is 20.8 Å². The molecule has 0 N–H and O–H groups in total. The second-order valence-electron chi connectivity index (χ2n) is 7.06. The van der Waals surface area contributed by atoms with Gasteiger partial charge < -0.3 is 14.0 Å². The molecule has 2 aromatic carbocycles. The van der Waals surface area contributed by atoms with E-state index in [4.69, 9.17) is 21.1 Å². The van der Waals surface area contributed by atoms with Gasteiger partial charge in [-0.15, -0.1) is 0 Å². The molecule has 0 amide bonds. The van der Waals surface area contributed by atoms with Crippen molar-refractivity contribution in [1.29, 1.82) is 5.26 Å². The number of carbonyl (C=O) groups excluding carboxylic acids is 2. The number of hydrogen-bond acceptors (Lipinski definition) is 6. The summed E-state index contributed by atoms with van der Waals surface area (Å²) in [6.07, 6.45) is 1.32. The van der Waals surface area contributed by atoms with E-state index in [2.05, 4.69) is 0 Å². The summed E-state index contributed by atoms with van der Waals surface area (Å²) in [5.41, 5.74) is -0.238. The van der Waals surface area contributed by atoms with Gasteiger partial charge in [-0.25, -0.2) is 9.18 Å². The number of aromatic nitrogens is 1. The van der Waals surface area contributed by atoms with E-state index in [9.17, 15) is 24.0 Å². The van der Waals surface area contributed by atoms with Gasteiger partial charge in [0, 0.05) is 28.7 Å². The normalized spacial score (nSPS) is 11.6. The van der Waals surface area contributed by atoms with Gasteiger partial charge in [-0.3, -0.25) is 9.59 Å². The Hall–Kier alpha value is -3.70. The second kappa shape index (κ2) is 10.3. The van der Waals surface area contributed by atoms with Crippen molar-refractivity contribution >= 4 is 34.4 Å². The number of hydrogen-bond donors (Lipinski definition) is 0. The zero-order valence-corrected chi connectivity index (χ0v) is 18.7. The first-order valence-corrected chi connectivity index (χ1v) is 10.5. The monoisotopic (exact) mass is 470 g/mol. The SMILES string of the molecule is CCOC(=O)c1cn(Cc2cccc(Cl)c2)c2cc(C(C#N)C(=O)OCC)c(F)cc2c1=O. The molecule has 0 fully saturated rings. The molecule has 0 saturated carbocycles. The van der Waals surface area contributed by atoms with Gasteiger partial charge in [0.15, 0.2) is 5.92 Å². The topological polar surface area (TPSA) is 98.4 Å². The van der Waals surface area contributed by atoms with Gasteiger partial charge in [-0.2, -0.15) is 5.26 Å². The molecule has 3 aromatic rings. The second-order valence-corrected chi connectivity index (χ2v) is 7.49. The first-order chi connectivity index (χ1) is 15.8. The minimum absolute atomic E-state index is 0.0224. The van der Waals surface area contributed by atoms with Crippen LogP contribution in [0.5, 0.6) is 0 Å². The Labute approximate surface area is 193 Å². The molecule has 0 aliphatic rings. The van der Waals surface area contributed by atoms with Crippen LogP contribution >= 0.6 is 11.6 Å². The third-order valence-electron chi connectivity index (χ3n) is 4.90. The van der Waals surface area contributed by atoms with E-state index < -0.39 is 29.1 Å². The summed E-state index contributed by atoms with van der Waals surface area (Å²) in [6.45, 7) is 3.43. The summed E-state index contributed by atoms with van der Waals surface area (Å²) in [7, 11) is 0. The Morgan fingerprint density at radius 1 is 1.18 bits per heavy atom. The zero-order chi connectivity index (χ0) is 24.1. The van der Waals surface area contributed by atoms with Crippen LogP contribution in [0.4, 0.5) is 4.39 Å². The van der Waals surface area contributed by atoms with Gasteiger partial charge >= 0.3 is 11.9 Å². The van der Waals surface area contributed by atoms with E-state index in [1.165, 1.54) is 12.3 Å². The number of ether oxygens (including phenoxy) is 2. The predicted octanol–water partition coefficient (Wildman–Crippen LogP) is 4.19. The van der Waals surface area contributed by atoms with E-state index in [-0.39, 0.29) is 41.8 Å². The van der Waals surface area contributed by atoms with Crippen molar-refractivity contribution in [3.8, 4) is 6.07 Å². The van der Waals surface area contributed by atoms with Gasteiger partial charge in [0.1, 0.15) is 11.4 Å². The van der Waals surface area contributed by atoms with E-state index >= 15 is 0 Å². The van der Waals surface area contributed by atoms with Gasteiger partial charge in [-0.1, -0.05) is 23.7 Å². The summed E-state index contributed by atoms with van der Waals surface area (Å²) in [5.74, 6) is -4.19. The summed E-state index contributed by atoms with van der Waals surface area (Å²) in [5, 5.41) is 9.87. The number of rotatable bonds is 7.